The Labute approximate surface area is 267 Å². The molecule has 2 amide bonds. The van der Waals surface area contributed by atoms with Gasteiger partial charge in [-0.15, -0.1) is 0 Å². The standard InChI is InChI=1S/C33H32Cl2FN3O4S/c1-2-19-37-33(41)31(20-24-11-5-3-6-12-24)38(22-25-13-9-10-16-28(25)34)32(40)23-39(26-17-18-30(36)29(35)21-26)44(42,43)27-14-7-4-8-15-27/h3-18,21,31H,2,19-20,22-23H2,1H3,(H,37,41). The zero-order valence-corrected chi connectivity index (χ0v) is 26.3. The molecule has 0 aliphatic rings. The van der Waals surface area contributed by atoms with Crippen molar-refractivity contribution in [2.24, 2.45) is 0 Å². The molecule has 0 heterocycles. The molecule has 4 aromatic carbocycles. The summed E-state index contributed by atoms with van der Waals surface area (Å²) in [6, 6.07) is 26.2. The summed E-state index contributed by atoms with van der Waals surface area (Å²) < 4.78 is 42.9. The fourth-order valence-electron chi connectivity index (χ4n) is 4.62. The Morgan fingerprint density at radius 3 is 2.14 bits per heavy atom. The van der Waals surface area contributed by atoms with Gasteiger partial charge in [-0.05, 0) is 53.9 Å². The lowest BCUT2D eigenvalue weighted by molar-refractivity contribution is -0.140. The molecule has 0 aromatic heterocycles. The van der Waals surface area contributed by atoms with Gasteiger partial charge in [0, 0.05) is 24.5 Å². The topological polar surface area (TPSA) is 86.8 Å². The van der Waals surface area contributed by atoms with E-state index < -0.39 is 40.2 Å². The van der Waals surface area contributed by atoms with Crippen molar-refractivity contribution in [1.82, 2.24) is 10.2 Å². The van der Waals surface area contributed by atoms with Crippen LogP contribution in [0.2, 0.25) is 10.0 Å². The third kappa shape index (κ3) is 8.16. The Bertz CT molecular complexity index is 1690. The SMILES string of the molecule is CCCNC(=O)C(Cc1ccccc1)N(Cc1ccccc1Cl)C(=O)CN(c1ccc(F)c(Cl)c1)S(=O)(=O)c1ccccc1. The number of hydrogen-bond donors (Lipinski definition) is 1. The molecular weight excluding hydrogens is 624 g/mol. The Hall–Kier alpha value is -3.92. The maximum Gasteiger partial charge on any atom is 0.264 e. The highest BCUT2D eigenvalue weighted by Crippen LogP contribution is 2.29. The van der Waals surface area contributed by atoms with Crippen LogP contribution in [0.15, 0.2) is 108 Å². The van der Waals surface area contributed by atoms with Gasteiger partial charge in [-0.1, -0.05) is 96.9 Å². The summed E-state index contributed by atoms with van der Waals surface area (Å²) in [5.41, 5.74) is 1.37. The number of sulfonamides is 1. The maximum absolute atomic E-state index is 14.4. The van der Waals surface area contributed by atoms with Crippen molar-refractivity contribution >= 4 is 50.7 Å². The summed E-state index contributed by atoms with van der Waals surface area (Å²) >= 11 is 12.5. The highest BCUT2D eigenvalue weighted by atomic mass is 35.5. The van der Waals surface area contributed by atoms with Crippen LogP contribution in [0.1, 0.15) is 24.5 Å². The lowest BCUT2D eigenvalue weighted by atomic mass is 10.0. The van der Waals surface area contributed by atoms with Crippen LogP contribution in [0.25, 0.3) is 0 Å². The van der Waals surface area contributed by atoms with Gasteiger partial charge in [0.15, 0.2) is 0 Å². The number of rotatable bonds is 13. The maximum atomic E-state index is 14.4. The zero-order valence-electron chi connectivity index (χ0n) is 24.0. The Morgan fingerprint density at radius 1 is 0.864 bits per heavy atom. The van der Waals surface area contributed by atoms with E-state index in [1.54, 1.807) is 42.5 Å². The van der Waals surface area contributed by atoms with E-state index in [-0.39, 0.29) is 28.6 Å². The second-order valence-electron chi connectivity index (χ2n) is 10.0. The molecule has 0 aliphatic carbocycles. The monoisotopic (exact) mass is 655 g/mol. The van der Waals surface area contributed by atoms with Crippen molar-refractivity contribution in [2.45, 2.75) is 37.2 Å². The molecule has 44 heavy (non-hydrogen) atoms. The highest BCUT2D eigenvalue weighted by molar-refractivity contribution is 7.92. The molecule has 7 nitrogen and oxygen atoms in total. The first-order valence-electron chi connectivity index (χ1n) is 14.0. The number of nitrogens with one attached hydrogen (secondary N) is 1. The molecule has 0 spiro atoms. The van der Waals surface area contributed by atoms with Crippen molar-refractivity contribution in [2.75, 3.05) is 17.4 Å². The molecule has 0 aliphatic heterocycles. The van der Waals surface area contributed by atoms with E-state index in [2.05, 4.69) is 5.32 Å². The summed E-state index contributed by atoms with van der Waals surface area (Å²) in [5, 5.41) is 2.96. The molecule has 0 fully saturated rings. The molecule has 4 aromatic rings. The van der Waals surface area contributed by atoms with Crippen LogP contribution in [0.4, 0.5) is 10.1 Å². The number of benzene rings is 4. The van der Waals surface area contributed by atoms with Gasteiger partial charge in [0.2, 0.25) is 11.8 Å². The first-order chi connectivity index (χ1) is 21.1. The molecule has 4 rings (SSSR count). The molecule has 0 bridgehead atoms. The van der Waals surface area contributed by atoms with Crippen LogP contribution in [0.3, 0.4) is 0 Å². The average Bonchev–Trinajstić information content (AvgIpc) is 3.03. The van der Waals surface area contributed by atoms with Gasteiger partial charge in [0.05, 0.1) is 15.6 Å². The molecule has 1 atom stereocenters. The fraction of sp³-hybridized carbons (Fsp3) is 0.212. The predicted molar refractivity (Wildman–Crippen MR) is 172 cm³/mol. The molecule has 0 saturated heterocycles. The minimum absolute atomic E-state index is 0.0126. The Kier molecular flexibility index (Phi) is 11.4. The van der Waals surface area contributed by atoms with E-state index in [0.29, 0.717) is 23.6 Å². The van der Waals surface area contributed by atoms with Crippen molar-refractivity contribution in [3.63, 3.8) is 0 Å². The number of nitrogens with zero attached hydrogens (tertiary/aromatic N) is 2. The smallest absolute Gasteiger partial charge is 0.264 e. The van der Waals surface area contributed by atoms with Crippen molar-refractivity contribution < 1.29 is 22.4 Å². The van der Waals surface area contributed by atoms with Gasteiger partial charge in [-0.2, -0.15) is 0 Å². The number of halogens is 3. The normalized spacial score (nSPS) is 11.9. The van der Waals surface area contributed by atoms with E-state index in [0.717, 1.165) is 22.0 Å². The van der Waals surface area contributed by atoms with E-state index in [9.17, 15) is 22.4 Å². The molecule has 11 heteroatoms. The van der Waals surface area contributed by atoms with Crippen LogP contribution in [0, 0.1) is 5.82 Å². The van der Waals surface area contributed by atoms with E-state index in [1.807, 2.05) is 37.3 Å². The van der Waals surface area contributed by atoms with Crippen LogP contribution < -0.4 is 9.62 Å². The van der Waals surface area contributed by atoms with Crippen LogP contribution in [-0.2, 0) is 32.6 Å². The van der Waals surface area contributed by atoms with Crippen LogP contribution >= 0.6 is 23.2 Å². The summed E-state index contributed by atoms with van der Waals surface area (Å²) in [7, 11) is -4.33. The molecule has 0 radical (unpaired) electrons. The fourth-order valence-corrected chi connectivity index (χ4v) is 6.42. The lowest BCUT2D eigenvalue weighted by Crippen LogP contribution is -2.53. The number of carbonyl (C=O) groups excluding carboxylic acids is 2. The second-order valence-corrected chi connectivity index (χ2v) is 12.7. The van der Waals surface area contributed by atoms with Crippen molar-refractivity contribution in [3.05, 3.63) is 130 Å². The van der Waals surface area contributed by atoms with Gasteiger partial charge in [-0.25, -0.2) is 12.8 Å². The van der Waals surface area contributed by atoms with Gasteiger partial charge < -0.3 is 10.2 Å². The molecular formula is C33H32Cl2FN3O4S. The van der Waals surface area contributed by atoms with E-state index >= 15 is 0 Å². The molecule has 1 unspecified atom stereocenters. The lowest BCUT2D eigenvalue weighted by Gasteiger charge is -2.34. The third-order valence-electron chi connectivity index (χ3n) is 6.92. The van der Waals surface area contributed by atoms with Gasteiger partial charge in [0.1, 0.15) is 18.4 Å². The largest absolute Gasteiger partial charge is 0.354 e. The molecule has 0 saturated carbocycles. The first kappa shape index (κ1) is 33.0. The van der Waals surface area contributed by atoms with Crippen LogP contribution in [0.5, 0.6) is 0 Å². The predicted octanol–water partition coefficient (Wildman–Crippen LogP) is 6.49. The average molecular weight is 657 g/mol. The van der Waals surface area contributed by atoms with E-state index in [1.165, 1.54) is 23.1 Å². The van der Waals surface area contributed by atoms with Gasteiger partial charge in [0.25, 0.3) is 10.0 Å². The summed E-state index contributed by atoms with van der Waals surface area (Å²) in [6.45, 7) is 1.54. The number of hydrogen-bond acceptors (Lipinski definition) is 4. The van der Waals surface area contributed by atoms with Crippen molar-refractivity contribution in [3.8, 4) is 0 Å². The number of amides is 2. The van der Waals surface area contributed by atoms with Crippen molar-refractivity contribution in [1.29, 1.82) is 0 Å². The quantitative estimate of drug-likeness (QED) is 0.178. The van der Waals surface area contributed by atoms with E-state index in [4.69, 9.17) is 23.2 Å². The van der Waals surface area contributed by atoms with Gasteiger partial charge >= 0.3 is 0 Å². The molecule has 1 N–H and O–H groups in total. The van der Waals surface area contributed by atoms with Crippen LogP contribution in [-0.4, -0.2) is 44.3 Å². The summed E-state index contributed by atoms with van der Waals surface area (Å²) in [5.74, 6) is -1.80. The first-order valence-corrected chi connectivity index (χ1v) is 16.2. The van der Waals surface area contributed by atoms with Gasteiger partial charge in [-0.3, -0.25) is 13.9 Å². The summed E-state index contributed by atoms with van der Waals surface area (Å²) in [4.78, 5) is 29.3. The number of anilines is 1. The zero-order chi connectivity index (χ0) is 31.7. The number of carbonyl (C=O) groups is 2. The Morgan fingerprint density at radius 2 is 1.50 bits per heavy atom. The highest BCUT2D eigenvalue weighted by Gasteiger charge is 2.35. The second kappa shape index (κ2) is 15.2. The summed E-state index contributed by atoms with van der Waals surface area (Å²) in [6.07, 6.45) is 0.844. The minimum Gasteiger partial charge on any atom is -0.354 e. The Balaban J connectivity index is 1.81. The minimum atomic E-state index is -4.33. The molecule has 230 valence electrons. The third-order valence-corrected chi connectivity index (χ3v) is 9.37.